The Labute approximate surface area is 151 Å². The van der Waals surface area contributed by atoms with Gasteiger partial charge in [-0.3, -0.25) is 14.2 Å². The highest BCUT2D eigenvalue weighted by molar-refractivity contribution is 6.04. The number of nitrogens with zero attached hydrogens (tertiary/aromatic N) is 1. The van der Waals surface area contributed by atoms with Crippen LogP contribution in [0.5, 0.6) is 5.75 Å². The standard InChI is InChI=1S/C21H19NO4/c1-3-11-26-17-9-7-15(8-10-17)21(25)22-14(2)12-18-16(13-20(23)24)5-4-6-19(18)22/h3-10,12H,1,11,13H2,2H3,(H,23,24). The molecule has 5 heteroatoms. The first-order valence-electron chi connectivity index (χ1n) is 8.21. The molecular weight excluding hydrogens is 330 g/mol. The van der Waals surface area contributed by atoms with Crippen LogP contribution in [0.25, 0.3) is 10.9 Å². The van der Waals surface area contributed by atoms with Crippen LogP contribution in [0.2, 0.25) is 0 Å². The third kappa shape index (κ3) is 3.37. The number of hydrogen-bond donors (Lipinski definition) is 1. The minimum absolute atomic E-state index is 0.0790. The Morgan fingerprint density at radius 2 is 1.92 bits per heavy atom. The van der Waals surface area contributed by atoms with Gasteiger partial charge in [0.2, 0.25) is 0 Å². The molecule has 0 amide bonds. The van der Waals surface area contributed by atoms with Crippen molar-refractivity contribution in [3.63, 3.8) is 0 Å². The molecule has 0 aliphatic heterocycles. The summed E-state index contributed by atoms with van der Waals surface area (Å²) in [5, 5.41) is 9.87. The van der Waals surface area contributed by atoms with E-state index in [-0.39, 0.29) is 12.3 Å². The molecular formula is C21H19NO4. The smallest absolute Gasteiger partial charge is 0.307 e. The molecule has 0 unspecified atom stereocenters. The lowest BCUT2D eigenvalue weighted by Gasteiger charge is -2.09. The van der Waals surface area contributed by atoms with Crippen molar-refractivity contribution < 1.29 is 19.4 Å². The van der Waals surface area contributed by atoms with E-state index < -0.39 is 5.97 Å². The van der Waals surface area contributed by atoms with Gasteiger partial charge >= 0.3 is 5.97 Å². The summed E-state index contributed by atoms with van der Waals surface area (Å²) in [6.07, 6.45) is 1.58. The van der Waals surface area contributed by atoms with Gasteiger partial charge < -0.3 is 9.84 Å². The largest absolute Gasteiger partial charge is 0.490 e. The van der Waals surface area contributed by atoms with Gasteiger partial charge in [-0.05, 0) is 48.9 Å². The number of carboxylic acids is 1. The minimum atomic E-state index is -0.899. The van der Waals surface area contributed by atoms with Crippen LogP contribution >= 0.6 is 0 Å². The van der Waals surface area contributed by atoms with Crippen LogP contribution in [-0.4, -0.2) is 28.2 Å². The normalized spacial score (nSPS) is 10.7. The number of aryl methyl sites for hydroxylation is 1. The zero-order valence-corrected chi connectivity index (χ0v) is 14.4. The number of carbonyl (C=O) groups is 2. The lowest BCUT2D eigenvalue weighted by molar-refractivity contribution is -0.136. The quantitative estimate of drug-likeness (QED) is 0.687. The Hall–Kier alpha value is -3.34. The fourth-order valence-corrected chi connectivity index (χ4v) is 2.99. The maximum Gasteiger partial charge on any atom is 0.307 e. The molecule has 0 spiro atoms. The summed E-state index contributed by atoms with van der Waals surface area (Å²) in [7, 11) is 0. The van der Waals surface area contributed by atoms with Gasteiger partial charge in [0.25, 0.3) is 5.91 Å². The molecule has 2 aromatic carbocycles. The Morgan fingerprint density at radius 3 is 2.58 bits per heavy atom. The number of carbonyl (C=O) groups excluding carboxylic acids is 1. The highest BCUT2D eigenvalue weighted by atomic mass is 16.5. The van der Waals surface area contributed by atoms with Crippen LogP contribution < -0.4 is 4.74 Å². The molecule has 132 valence electrons. The van der Waals surface area contributed by atoms with E-state index in [4.69, 9.17) is 9.84 Å². The Bertz CT molecular complexity index is 983. The number of aliphatic carboxylic acids is 1. The monoisotopic (exact) mass is 349 g/mol. The molecule has 0 atom stereocenters. The molecule has 3 rings (SSSR count). The summed E-state index contributed by atoms with van der Waals surface area (Å²) in [5.74, 6) is -0.399. The van der Waals surface area contributed by atoms with Crippen LogP contribution in [0.3, 0.4) is 0 Å². The van der Waals surface area contributed by atoms with E-state index in [0.717, 1.165) is 11.1 Å². The number of ether oxygens (including phenoxy) is 1. The molecule has 0 fully saturated rings. The molecule has 0 aliphatic carbocycles. The highest BCUT2D eigenvalue weighted by Crippen LogP contribution is 2.25. The first-order valence-corrected chi connectivity index (χ1v) is 8.21. The van der Waals surface area contributed by atoms with Crippen LogP contribution in [0.4, 0.5) is 0 Å². The fraction of sp³-hybridized carbons (Fsp3) is 0.143. The van der Waals surface area contributed by atoms with E-state index in [2.05, 4.69) is 6.58 Å². The van der Waals surface area contributed by atoms with Gasteiger partial charge in [0.15, 0.2) is 0 Å². The van der Waals surface area contributed by atoms with Gasteiger partial charge in [-0.1, -0.05) is 24.8 Å². The van der Waals surface area contributed by atoms with E-state index in [1.54, 1.807) is 47.0 Å². The summed E-state index contributed by atoms with van der Waals surface area (Å²) in [6, 6.07) is 14.1. The predicted molar refractivity (Wildman–Crippen MR) is 99.9 cm³/mol. The fourth-order valence-electron chi connectivity index (χ4n) is 2.99. The highest BCUT2D eigenvalue weighted by Gasteiger charge is 2.17. The number of hydrogen-bond acceptors (Lipinski definition) is 3. The molecule has 0 aliphatic rings. The van der Waals surface area contributed by atoms with Gasteiger partial charge in [-0.2, -0.15) is 0 Å². The van der Waals surface area contributed by atoms with Crippen molar-refractivity contribution in [1.29, 1.82) is 0 Å². The molecule has 1 heterocycles. The zero-order valence-electron chi connectivity index (χ0n) is 14.4. The van der Waals surface area contributed by atoms with Crippen LogP contribution in [0, 0.1) is 6.92 Å². The second-order valence-electron chi connectivity index (χ2n) is 5.97. The number of carboxylic acid groups (broad SMARTS) is 1. The van der Waals surface area contributed by atoms with Crippen molar-refractivity contribution in [2.75, 3.05) is 6.61 Å². The lowest BCUT2D eigenvalue weighted by atomic mass is 10.1. The third-order valence-electron chi connectivity index (χ3n) is 4.13. The second-order valence-corrected chi connectivity index (χ2v) is 5.97. The molecule has 0 saturated carbocycles. The molecule has 3 aromatic rings. The Morgan fingerprint density at radius 1 is 1.19 bits per heavy atom. The Balaban J connectivity index is 1.99. The summed E-state index contributed by atoms with van der Waals surface area (Å²) in [4.78, 5) is 24.1. The first kappa shape index (κ1) is 17.5. The molecule has 26 heavy (non-hydrogen) atoms. The third-order valence-corrected chi connectivity index (χ3v) is 4.13. The predicted octanol–water partition coefficient (Wildman–Crippen LogP) is 3.83. The maximum atomic E-state index is 13.0. The molecule has 5 nitrogen and oxygen atoms in total. The summed E-state index contributed by atoms with van der Waals surface area (Å²) in [5.41, 5.74) is 2.69. The molecule has 0 radical (unpaired) electrons. The molecule has 1 aromatic heterocycles. The molecule has 0 saturated heterocycles. The van der Waals surface area contributed by atoms with Gasteiger partial charge in [0.05, 0.1) is 11.9 Å². The van der Waals surface area contributed by atoms with E-state index in [9.17, 15) is 9.59 Å². The van der Waals surface area contributed by atoms with Crippen LogP contribution in [0.1, 0.15) is 21.6 Å². The lowest BCUT2D eigenvalue weighted by Crippen LogP contribution is -2.13. The van der Waals surface area contributed by atoms with Gasteiger partial charge in [0.1, 0.15) is 12.4 Å². The second kappa shape index (κ2) is 7.27. The minimum Gasteiger partial charge on any atom is -0.490 e. The molecule has 0 bridgehead atoms. The topological polar surface area (TPSA) is 68.5 Å². The number of aromatic nitrogens is 1. The van der Waals surface area contributed by atoms with Crippen molar-refractivity contribution in [3.05, 3.63) is 78.0 Å². The van der Waals surface area contributed by atoms with Crippen molar-refractivity contribution in [1.82, 2.24) is 4.57 Å². The van der Waals surface area contributed by atoms with E-state index in [0.29, 0.717) is 29.0 Å². The maximum absolute atomic E-state index is 13.0. The van der Waals surface area contributed by atoms with Gasteiger partial charge in [0, 0.05) is 16.6 Å². The van der Waals surface area contributed by atoms with Gasteiger partial charge in [-0.25, -0.2) is 0 Å². The average molecular weight is 349 g/mol. The van der Waals surface area contributed by atoms with E-state index >= 15 is 0 Å². The Kier molecular flexibility index (Phi) is 4.89. The summed E-state index contributed by atoms with van der Waals surface area (Å²) < 4.78 is 7.05. The van der Waals surface area contributed by atoms with E-state index in [1.165, 1.54) is 0 Å². The number of fused-ring (bicyclic) bond motifs is 1. The zero-order chi connectivity index (χ0) is 18.7. The van der Waals surface area contributed by atoms with Gasteiger partial charge in [-0.15, -0.1) is 0 Å². The van der Waals surface area contributed by atoms with E-state index in [1.807, 2.05) is 19.1 Å². The number of rotatable bonds is 6. The van der Waals surface area contributed by atoms with Crippen molar-refractivity contribution in [3.8, 4) is 5.75 Å². The summed E-state index contributed by atoms with van der Waals surface area (Å²) >= 11 is 0. The SMILES string of the molecule is C=CCOc1ccc(C(=O)n2c(C)cc3c(CC(=O)O)cccc32)cc1. The van der Waals surface area contributed by atoms with Crippen molar-refractivity contribution in [2.45, 2.75) is 13.3 Å². The first-order chi connectivity index (χ1) is 12.5. The van der Waals surface area contributed by atoms with Crippen LogP contribution in [0.15, 0.2) is 61.2 Å². The van der Waals surface area contributed by atoms with Crippen molar-refractivity contribution >= 4 is 22.8 Å². The number of benzene rings is 2. The van der Waals surface area contributed by atoms with Crippen molar-refractivity contribution in [2.24, 2.45) is 0 Å². The molecule has 1 N–H and O–H groups in total. The summed E-state index contributed by atoms with van der Waals surface area (Å²) in [6.45, 7) is 5.84. The average Bonchev–Trinajstić information content (AvgIpc) is 2.96. The van der Waals surface area contributed by atoms with Crippen LogP contribution in [-0.2, 0) is 11.2 Å².